The highest BCUT2D eigenvalue weighted by molar-refractivity contribution is 6.31. The number of esters is 1. The number of ether oxygens (including phenoxy) is 1. The Morgan fingerprint density at radius 2 is 2.11 bits per heavy atom. The van der Waals surface area contributed by atoms with Crippen LogP contribution in [0.3, 0.4) is 0 Å². The van der Waals surface area contributed by atoms with E-state index in [1.807, 2.05) is 0 Å². The maximum Gasteiger partial charge on any atom is 0.348 e. The van der Waals surface area contributed by atoms with Crippen molar-refractivity contribution in [2.75, 3.05) is 0 Å². The summed E-state index contributed by atoms with van der Waals surface area (Å²) in [5.41, 5.74) is -3.42. The normalized spacial score (nSPS) is 39.7. The molecule has 0 aromatic rings. The van der Waals surface area contributed by atoms with E-state index in [9.17, 15) is 19.5 Å². The molecule has 2 aliphatic heterocycles. The van der Waals surface area contributed by atoms with Crippen LogP contribution in [0, 0.1) is 5.41 Å². The monoisotopic (exact) mass is 260 g/mol. The minimum atomic E-state index is -2.12. The van der Waals surface area contributed by atoms with Crippen LogP contribution >= 0.6 is 0 Å². The third-order valence-electron chi connectivity index (χ3n) is 4.02. The summed E-state index contributed by atoms with van der Waals surface area (Å²) >= 11 is 0. The number of aliphatic hydroxyl groups is 1. The number of fused-ring (bicyclic) bond motifs is 1. The van der Waals surface area contributed by atoms with Gasteiger partial charge in [-0.3, -0.25) is 9.59 Å². The lowest BCUT2D eigenvalue weighted by molar-refractivity contribution is -0.164. The van der Waals surface area contributed by atoms with Crippen LogP contribution in [0.4, 0.5) is 0 Å². The summed E-state index contributed by atoms with van der Waals surface area (Å²) in [4.78, 5) is 36.6. The molecule has 3 unspecified atom stereocenters. The first-order valence-electron chi connectivity index (χ1n) is 5.94. The minimum Gasteiger partial charge on any atom is -0.450 e. The van der Waals surface area contributed by atoms with Crippen LogP contribution in [0.5, 0.6) is 0 Å². The van der Waals surface area contributed by atoms with Crippen molar-refractivity contribution in [3.8, 4) is 0 Å². The van der Waals surface area contributed by atoms with Gasteiger partial charge in [-0.15, -0.1) is 6.58 Å². The van der Waals surface area contributed by atoms with Gasteiger partial charge in [0.2, 0.25) is 5.60 Å². The van der Waals surface area contributed by atoms with Crippen LogP contribution in [0.2, 0.25) is 0 Å². The van der Waals surface area contributed by atoms with Gasteiger partial charge in [-0.2, -0.15) is 0 Å². The van der Waals surface area contributed by atoms with Crippen molar-refractivity contribution in [2.24, 2.45) is 5.41 Å². The molecule has 5 nitrogen and oxygen atoms in total. The van der Waals surface area contributed by atoms with E-state index in [-0.39, 0.29) is 17.6 Å². The minimum absolute atomic E-state index is 0.110. The fourth-order valence-corrected chi connectivity index (χ4v) is 2.92. The van der Waals surface area contributed by atoms with Gasteiger partial charge < -0.3 is 9.84 Å². The Bertz CT molecular complexity index is 611. The first kappa shape index (κ1) is 12.0. The van der Waals surface area contributed by atoms with Gasteiger partial charge in [0.15, 0.2) is 11.6 Å². The van der Waals surface area contributed by atoms with Gasteiger partial charge in [-0.05, 0) is 25.5 Å². The molecule has 4 aliphatic rings. The molecule has 0 amide bonds. The summed E-state index contributed by atoms with van der Waals surface area (Å²) in [6, 6.07) is 0. The van der Waals surface area contributed by atoms with E-state index in [1.165, 1.54) is 25.2 Å². The Kier molecular flexibility index (Phi) is 2.09. The molecule has 5 heteroatoms. The van der Waals surface area contributed by atoms with Crippen molar-refractivity contribution in [1.29, 1.82) is 0 Å². The van der Waals surface area contributed by atoms with Gasteiger partial charge >= 0.3 is 5.97 Å². The second kappa shape index (κ2) is 3.30. The number of carbonyl (C=O) groups excluding carboxylic acids is 3. The van der Waals surface area contributed by atoms with Crippen LogP contribution in [-0.2, 0) is 19.1 Å². The van der Waals surface area contributed by atoms with E-state index in [1.54, 1.807) is 0 Å². The quantitative estimate of drug-likeness (QED) is 0.437. The van der Waals surface area contributed by atoms with Crippen molar-refractivity contribution < 1.29 is 24.2 Å². The predicted octanol–water partition coefficient (Wildman–Crippen LogP) is 0.243. The molecule has 19 heavy (non-hydrogen) atoms. The molecule has 2 aliphatic carbocycles. The number of hydrogen-bond acceptors (Lipinski definition) is 5. The van der Waals surface area contributed by atoms with Gasteiger partial charge in [0.25, 0.3) is 0 Å². The Morgan fingerprint density at radius 3 is 2.68 bits per heavy atom. The smallest absolute Gasteiger partial charge is 0.348 e. The number of hydrogen-bond donors (Lipinski definition) is 1. The van der Waals surface area contributed by atoms with E-state index in [4.69, 9.17) is 4.74 Å². The van der Waals surface area contributed by atoms with E-state index >= 15 is 0 Å². The Labute approximate surface area is 109 Å². The highest BCUT2D eigenvalue weighted by Gasteiger charge is 2.63. The number of rotatable bonds is 2. The second-order valence-corrected chi connectivity index (χ2v) is 5.22. The number of carbonyl (C=O) groups is 3. The molecule has 0 aromatic heterocycles. The number of ketones is 2. The van der Waals surface area contributed by atoms with Crippen molar-refractivity contribution in [3.63, 3.8) is 0 Å². The fraction of sp³-hybridized carbons (Fsp3) is 0.357. The first-order chi connectivity index (χ1) is 8.86. The summed E-state index contributed by atoms with van der Waals surface area (Å²) < 4.78 is 4.96. The molecular formula is C14H12O5. The lowest BCUT2D eigenvalue weighted by Gasteiger charge is -2.36. The van der Waals surface area contributed by atoms with Gasteiger partial charge in [0, 0.05) is 0 Å². The molecule has 2 bridgehead atoms. The van der Waals surface area contributed by atoms with Gasteiger partial charge in [-0.25, -0.2) is 4.79 Å². The molecule has 0 aromatic carbocycles. The maximum atomic E-state index is 12.5. The Hall–Kier alpha value is -2.01. The van der Waals surface area contributed by atoms with Crippen LogP contribution in [0.15, 0.2) is 36.0 Å². The summed E-state index contributed by atoms with van der Waals surface area (Å²) in [5, 5.41) is 10.3. The SMILES string of the molecule is C=CCC1(C)C(=O)C2=C(C1=O)C1(O)C=CC2OC1=O. The number of allylic oxidation sites excluding steroid dienone is 1. The third-order valence-corrected chi connectivity index (χ3v) is 4.02. The van der Waals surface area contributed by atoms with Crippen LogP contribution in [0.1, 0.15) is 13.3 Å². The van der Waals surface area contributed by atoms with Crippen molar-refractivity contribution in [2.45, 2.75) is 25.0 Å². The summed E-state index contributed by atoms with van der Waals surface area (Å²) in [7, 11) is 0. The molecule has 0 saturated heterocycles. The molecule has 0 radical (unpaired) electrons. The zero-order chi connectivity index (χ0) is 14.0. The standard InChI is InChI=1S/C14H12O5/c1-3-5-13(2)10(15)8-7-4-6-14(18,12(17)19-7)9(8)11(13)16/h3-4,6-7,18H,1,5H2,2H3. The number of Topliss-reactive ketones (excluding diaryl/α,β-unsaturated/α-hetero) is 2. The lowest BCUT2D eigenvalue weighted by atomic mass is 9.78. The second-order valence-electron chi connectivity index (χ2n) is 5.22. The zero-order valence-corrected chi connectivity index (χ0v) is 10.3. The van der Waals surface area contributed by atoms with Crippen LogP contribution in [-0.4, -0.2) is 34.3 Å². The summed E-state index contributed by atoms with van der Waals surface area (Å²) in [5.74, 6) is -1.81. The molecule has 3 atom stereocenters. The predicted molar refractivity (Wildman–Crippen MR) is 63.9 cm³/mol. The van der Waals surface area contributed by atoms with Crippen LogP contribution < -0.4 is 0 Å². The summed E-state index contributed by atoms with van der Waals surface area (Å²) in [6.07, 6.45) is 3.45. The molecule has 4 rings (SSSR count). The molecule has 98 valence electrons. The highest BCUT2D eigenvalue weighted by Crippen LogP contribution is 2.49. The van der Waals surface area contributed by atoms with Crippen LogP contribution in [0.25, 0.3) is 0 Å². The molecule has 0 spiro atoms. The Balaban J connectivity index is 2.21. The molecule has 0 fully saturated rings. The van der Waals surface area contributed by atoms with E-state index < -0.39 is 34.7 Å². The largest absolute Gasteiger partial charge is 0.450 e. The topological polar surface area (TPSA) is 80.7 Å². The fourth-order valence-electron chi connectivity index (χ4n) is 2.92. The molecule has 1 N–H and O–H groups in total. The molecule has 2 heterocycles. The molecular weight excluding hydrogens is 248 g/mol. The van der Waals surface area contributed by atoms with Crippen molar-refractivity contribution in [3.05, 3.63) is 36.0 Å². The lowest BCUT2D eigenvalue weighted by Crippen LogP contribution is -2.51. The maximum absolute atomic E-state index is 12.5. The summed E-state index contributed by atoms with van der Waals surface area (Å²) in [6.45, 7) is 5.05. The van der Waals surface area contributed by atoms with E-state index in [0.29, 0.717) is 0 Å². The van der Waals surface area contributed by atoms with Crippen molar-refractivity contribution in [1.82, 2.24) is 0 Å². The third kappa shape index (κ3) is 1.16. The zero-order valence-electron chi connectivity index (χ0n) is 10.3. The van der Waals surface area contributed by atoms with Gasteiger partial charge in [0.1, 0.15) is 6.10 Å². The average molecular weight is 260 g/mol. The van der Waals surface area contributed by atoms with E-state index in [0.717, 1.165) is 0 Å². The molecule has 0 saturated carbocycles. The average Bonchev–Trinajstić information content (AvgIpc) is 2.56. The first-order valence-corrected chi connectivity index (χ1v) is 5.94. The Morgan fingerprint density at radius 1 is 1.42 bits per heavy atom. The van der Waals surface area contributed by atoms with Crippen molar-refractivity contribution >= 4 is 17.5 Å². The van der Waals surface area contributed by atoms with Gasteiger partial charge in [0.05, 0.1) is 16.6 Å². The van der Waals surface area contributed by atoms with Gasteiger partial charge in [-0.1, -0.05) is 6.08 Å². The highest BCUT2D eigenvalue weighted by atomic mass is 16.6. The van der Waals surface area contributed by atoms with E-state index in [2.05, 4.69) is 6.58 Å².